The number of aliphatic hydroxyl groups excluding tert-OH is 3. The lowest BCUT2D eigenvalue weighted by atomic mass is 9.97. The molecular formula is C22H30O9. The molecule has 1 heterocycles. The Hall–Kier alpha value is -2.46. The van der Waals surface area contributed by atoms with Crippen LogP contribution in [0.25, 0.3) is 6.08 Å². The Morgan fingerprint density at radius 3 is 2.39 bits per heavy atom. The Kier molecular flexibility index (Phi) is 8.19. The van der Waals surface area contributed by atoms with Crippen molar-refractivity contribution in [1.29, 1.82) is 0 Å². The van der Waals surface area contributed by atoms with Gasteiger partial charge in [0.1, 0.15) is 30.7 Å². The lowest BCUT2D eigenvalue weighted by Gasteiger charge is -2.38. The number of rotatable bonds is 7. The summed E-state index contributed by atoms with van der Waals surface area (Å²) in [5, 5.41) is 39.2. The van der Waals surface area contributed by atoms with Gasteiger partial charge in [-0.2, -0.15) is 0 Å². The third-order valence-electron chi connectivity index (χ3n) is 4.76. The van der Waals surface area contributed by atoms with Crippen LogP contribution in [0.5, 0.6) is 5.75 Å². The monoisotopic (exact) mass is 438 g/mol. The predicted octanol–water partition coefficient (Wildman–Crippen LogP) is 1.12. The first-order valence-electron chi connectivity index (χ1n) is 10.0. The van der Waals surface area contributed by atoms with Gasteiger partial charge >= 0.3 is 11.9 Å². The minimum atomic E-state index is -1.80. The van der Waals surface area contributed by atoms with E-state index in [4.69, 9.17) is 14.2 Å². The van der Waals surface area contributed by atoms with Crippen LogP contribution in [0.2, 0.25) is 0 Å². The van der Waals surface area contributed by atoms with Gasteiger partial charge in [-0.05, 0) is 44.9 Å². The van der Waals surface area contributed by atoms with Gasteiger partial charge in [0.25, 0.3) is 0 Å². The number of hydrogen-bond acceptors (Lipinski definition) is 8. The molecule has 1 fully saturated rings. The fourth-order valence-electron chi connectivity index (χ4n) is 2.83. The van der Waals surface area contributed by atoms with E-state index in [1.807, 2.05) is 13.0 Å². The molecule has 1 saturated heterocycles. The minimum absolute atomic E-state index is 0.0413. The van der Waals surface area contributed by atoms with E-state index in [9.17, 15) is 30.0 Å². The van der Waals surface area contributed by atoms with Crippen molar-refractivity contribution in [1.82, 2.24) is 0 Å². The maximum atomic E-state index is 11.9. The molecule has 1 aromatic carbocycles. The number of carboxylic acids is 1. The number of aliphatic carboxylic acids is 1. The Balaban J connectivity index is 2.20. The molecule has 0 amide bonds. The molecule has 0 spiro atoms. The van der Waals surface area contributed by atoms with Gasteiger partial charge in [-0.25, -0.2) is 4.79 Å². The molecule has 9 nitrogen and oxygen atoms in total. The highest BCUT2D eigenvalue weighted by Crippen LogP contribution is 2.29. The Bertz CT molecular complexity index is 812. The van der Waals surface area contributed by atoms with Crippen molar-refractivity contribution in [2.75, 3.05) is 6.61 Å². The van der Waals surface area contributed by atoms with Crippen molar-refractivity contribution in [2.24, 2.45) is 5.41 Å². The molecule has 2 rings (SSSR count). The molecule has 172 valence electrons. The number of carbonyl (C=O) groups is 2. The van der Waals surface area contributed by atoms with Crippen molar-refractivity contribution in [3.63, 3.8) is 0 Å². The van der Waals surface area contributed by atoms with Gasteiger partial charge in [0, 0.05) is 5.56 Å². The zero-order chi connectivity index (χ0) is 23.3. The molecule has 1 aliphatic rings. The molecular weight excluding hydrogens is 408 g/mol. The van der Waals surface area contributed by atoms with Crippen LogP contribution in [-0.2, 0) is 25.5 Å². The topological polar surface area (TPSA) is 143 Å². The Labute approximate surface area is 180 Å². The Morgan fingerprint density at radius 2 is 1.81 bits per heavy atom. The molecule has 0 aromatic heterocycles. The van der Waals surface area contributed by atoms with Gasteiger partial charge in [0.05, 0.1) is 5.41 Å². The molecule has 4 N–H and O–H groups in total. The SMILES string of the molecule is CCc1ccc(/C=C/COC(=O)C(C)(C)C)c(OC2O[C@H](C(=O)O)[C@@H](O)[C@H](O)[C@H]2O)c1. The summed E-state index contributed by atoms with van der Waals surface area (Å²) in [5.41, 5.74) is 0.852. The zero-order valence-electron chi connectivity index (χ0n) is 18.0. The van der Waals surface area contributed by atoms with E-state index < -0.39 is 42.1 Å². The summed E-state index contributed by atoms with van der Waals surface area (Å²) < 4.78 is 16.1. The zero-order valence-corrected chi connectivity index (χ0v) is 18.0. The summed E-state index contributed by atoms with van der Waals surface area (Å²) in [6.45, 7) is 7.23. The highest BCUT2D eigenvalue weighted by molar-refractivity contribution is 5.75. The molecule has 1 aliphatic heterocycles. The predicted molar refractivity (Wildman–Crippen MR) is 110 cm³/mol. The van der Waals surface area contributed by atoms with Crippen LogP contribution in [-0.4, -0.2) is 69.7 Å². The quantitative estimate of drug-likeness (QED) is 0.461. The van der Waals surface area contributed by atoms with Gasteiger partial charge in [0.15, 0.2) is 6.10 Å². The van der Waals surface area contributed by atoms with E-state index in [2.05, 4.69) is 0 Å². The third-order valence-corrected chi connectivity index (χ3v) is 4.76. The highest BCUT2D eigenvalue weighted by Gasteiger charge is 2.48. The van der Waals surface area contributed by atoms with Crippen LogP contribution in [0.15, 0.2) is 24.3 Å². The van der Waals surface area contributed by atoms with Gasteiger partial charge in [0.2, 0.25) is 6.29 Å². The van der Waals surface area contributed by atoms with Gasteiger partial charge in [-0.15, -0.1) is 0 Å². The fraction of sp³-hybridized carbons (Fsp3) is 0.545. The van der Waals surface area contributed by atoms with Crippen LogP contribution in [0, 0.1) is 5.41 Å². The van der Waals surface area contributed by atoms with Crippen molar-refractivity contribution in [2.45, 2.75) is 64.8 Å². The lowest BCUT2D eigenvalue weighted by molar-refractivity contribution is -0.271. The number of carbonyl (C=O) groups excluding carboxylic acids is 1. The van der Waals surface area contributed by atoms with Crippen molar-refractivity contribution in [3.8, 4) is 5.75 Å². The average Bonchev–Trinajstić information content (AvgIpc) is 2.71. The van der Waals surface area contributed by atoms with Gasteiger partial charge in [-0.3, -0.25) is 4.79 Å². The van der Waals surface area contributed by atoms with Crippen LogP contribution in [0.3, 0.4) is 0 Å². The van der Waals surface area contributed by atoms with Crippen LogP contribution < -0.4 is 4.74 Å². The summed E-state index contributed by atoms with van der Waals surface area (Å²) in [6.07, 6.45) is -4.53. The van der Waals surface area contributed by atoms with Crippen LogP contribution >= 0.6 is 0 Å². The summed E-state index contributed by atoms with van der Waals surface area (Å²) in [4.78, 5) is 23.1. The fourth-order valence-corrected chi connectivity index (χ4v) is 2.83. The molecule has 0 aliphatic carbocycles. The molecule has 31 heavy (non-hydrogen) atoms. The maximum Gasteiger partial charge on any atom is 0.335 e. The molecule has 5 atom stereocenters. The first-order valence-corrected chi connectivity index (χ1v) is 10.0. The molecule has 0 bridgehead atoms. The number of carboxylic acid groups (broad SMARTS) is 1. The van der Waals surface area contributed by atoms with Crippen molar-refractivity contribution < 1.29 is 44.2 Å². The minimum Gasteiger partial charge on any atom is -0.479 e. The second kappa shape index (κ2) is 10.2. The van der Waals surface area contributed by atoms with Crippen molar-refractivity contribution >= 4 is 18.0 Å². The second-order valence-electron chi connectivity index (χ2n) is 8.33. The highest BCUT2D eigenvalue weighted by atomic mass is 16.7. The standard InChI is InChI=1S/C22H30O9/c1-5-12-8-9-13(7-6-10-29-21(28)22(2,3)4)14(11-12)30-20-17(25)15(23)16(24)18(31-20)19(26)27/h6-9,11,15-18,20,23-25H,5,10H2,1-4H3,(H,26,27)/b7-6+/t15-,16-,17+,18-,20?/m0/s1. The van der Waals surface area contributed by atoms with E-state index in [1.54, 1.807) is 45.1 Å². The lowest BCUT2D eigenvalue weighted by Crippen LogP contribution is -2.61. The van der Waals surface area contributed by atoms with Crippen LogP contribution in [0.1, 0.15) is 38.8 Å². The summed E-state index contributed by atoms with van der Waals surface area (Å²) in [5.74, 6) is -1.56. The third kappa shape index (κ3) is 6.27. The number of aliphatic hydroxyl groups is 3. The molecule has 1 unspecified atom stereocenters. The Morgan fingerprint density at radius 1 is 1.13 bits per heavy atom. The van der Waals surface area contributed by atoms with Crippen LogP contribution in [0.4, 0.5) is 0 Å². The van der Waals surface area contributed by atoms with E-state index in [0.29, 0.717) is 12.0 Å². The average molecular weight is 438 g/mol. The summed E-state index contributed by atoms with van der Waals surface area (Å²) in [6, 6.07) is 5.32. The number of benzene rings is 1. The van der Waals surface area contributed by atoms with E-state index in [-0.39, 0.29) is 18.3 Å². The largest absolute Gasteiger partial charge is 0.479 e. The van der Waals surface area contributed by atoms with Crippen molar-refractivity contribution in [3.05, 3.63) is 35.4 Å². The number of esters is 1. The molecule has 0 saturated carbocycles. The summed E-state index contributed by atoms with van der Waals surface area (Å²) in [7, 11) is 0. The first kappa shape index (κ1) is 24.8. The molecule has 1 aromatic rings. The van der Waals surface area contributed by atoms with Gasteiger partial charge in [-0.1, -0.05) is 25.1 Å². The first-order chi connectivity index (χ1) is 14.5. The van der Waals surface area contributed by atoms with E-state index in [0.717, 1.165) is 5.56 Å². The molecule has 9 heteroatoms. The number of aryl methyl sites for hydroxylation is 1. The molecule has 0 radical (unpaired) electrons. The normalized spacial score (nSPS) is 26.6. The van der Waals surface area contributed by atoms with Gasteiger partial charge < -0.3 is 34.6 Å². The number of ether oxygens (including phenoxy) is 3. The number of hydrogen-bond donors (Lipinski definition) is 4. The van der Waals surface area contributed by atoms with E-state index >= 15 is 0 Å². The van der Waals surface area contributed by atoms with E-state index in [1.165, 1.54) is 0 Å². The maximum absolute atomic E-state index is 11.9. The second-order valence-corrected chi connectivity index (χ2v) is 8.33. The smallest absolute Gasteiger partial charge is 0.335 e. The summed E-state index contributed by atoms with van der Waals surface area (Å²) >= 11 is 0.